The molecule has 1 aliphatic heterocycles. The molecule has 0 atom stereocenters. The molecule has 3 rings (SSSR count). The number of nitrogens with one attached hydrogen (secondary N) is 1. The fourth-order valence-electron chi connectivity index (χ4n) is 3.09. The van der Waals surface area contributed by atoms with E-state index in [9.17, 15) is 14.4 Å². The fourth-order valence-corrected chi connectivity index (χ4v) is 3.09. The second-order valence-corrected chi connectivity index (χ2v) is 6.93. The Balaban J connectivity index is 1.90. The van der Waals surface area contributed by atoms with Gasteiger partial charge in [0.2, 0.25) is 0 Å². The third-order valence-corrected chi connectivity index (χ3v) is 4.56. The van der Waals surface area contributed by atoms with Crippen molar-refractivity contribution in [3.05, 3.63) is 53.6 Å². The van der Waals surface area contributed by atoms with Crippen molar-refractivity contribution in [3.8, 4) is 29.6 Å². The molecule has 8 heteroatoms. The van der Waals surface area contributed by atoms with Crippen molar-refractivity contribution in [2.24, 2.45) is 0 Å². The Kier molecular flexibility index (Phi) is 7.71. The zero-order valence-corrected chi connectivity index (χ0v) is 18.4. The smallest absolute Gasteiger partial charge is 0.335 e. The number of terminal acetylenes is 1. The van der Waals surface area contributed by atoms with Crippen LogP contribution in [0.4, 0.5) is 10.5 Å². The Hall–Kier alpha value is -4.25. The third-order valence-electron chi connectivity index (χ3n) is 4.56. The summed E-state index contributed by atoms with van der Waals surface area (Å²) in [6.07, 6.45) is 7.49. The molecule has 0 saturated carbocycles. The molecule has 0 bridgehead atoms. The largest absolute Gasteiger partial charge is 0.494 e. The van der Waals surface area contributed by atoms with Gasteiger partial charge in [-0.1, -0.05) is 18.9 Å². The number of imide groups is 2. The first-order valence-corrected chi connectivity index (χ1v) is 10.5. The number of ether oxygens (including phenoxy) is 3. The molecule has 8 nitrogen and oxygen atoms in total. The summed E-state index contributed by atoms with van der Waals surface area (Å²) < 4.78 is 16.6. The Morgan fingerprint density at radius 3 is 2.42 bits per heavy atom. The highest BCUT2D eigenvalue weighted by Crippen LogP contribution is 2.30. The molecule has 0 radical (unpaired) electrons. The van der Waals surface area contributed by atoms with Gasteiger partial charge in [0.05, 0.1) is 18.9 Å². The maximum absolute atomic E-state index is 13.1. The van der Waals surface area contributed by atoms with Crippen molar-refractivity contribution >= 4 is 29.6 Å². The van der Waals surface area contributed by atoms with E-state index < -0.39 is 17.8 Å². The number of nitrogens with zero attached hydrogens (tertiary/aromatic N) is 1. The summed E-state index contributed by atoms with van der Waals surface area (Å²) in [6.45, 7) is 4.81. The van der Waals surface area contributed by atoms with Crippen LogP contribution >= 0.6 is 0 Å². The molecule has 2 aromatic carbocycles. The van der Waals surface area contributed by atoms with E-state index in [4.69, 9.17) is 20.6 Å². The summed E-state index contributed by atoms with van der Waals surface area (Å²) in [7, 11) is 0. The molecule has 4 amide bonds. The van der Waals surface area contributed by atoms with Crippen LogP contribution in [0.2, 0.25) is 0 Å². The number of benzene rings is 2. The van der Waals surface area contributed by atoms with Gasteiger partial charge < -0.3 is 14.2 Å². The minimum Gasteiger partial charge on any atom is -0.494 e. The summed E-state index contributed by atoms with van der Waals surface area (Å²) in [6, 6.07) is 10.6. The molecule has 33 heavy (non-hydrogen) atoms. The Labute approximate surface area is 192 Å². The molecule has 1 fully saturated rings. The molecule has 170 valence electrons. The fraction of sp³-hybridized carbons (Fsp3) is 0.240. The van der Waals surface area contributed by atoms with Crippen LogP contribution in [0.1, 0.15) is 25.8 Å². The summed E-state index contributed by atoms with van der Waals surface area (Å²) in [4.78, 5) is 38.9. The van der Waals surface area contributed by atoms with Crippen LogP contribution in [0, 0.1) is 12.3 Å². The maximum Gasteiger partial charge on any atom is 0.335 e. The predicted molar refractivity (Wildman–Crippen MR) is 123 cm³/mol. The third kappa shape index (κ3) is 5.52. The van der Waals surface area contributed by atoms with Crippen molar-refractivity contribution in [2.75, 3.05) is 24.7 Å². The van der Waals surface area contributed by atoms with Gasteiger partial charge in [0.1, 0.15) is 17.9 Å². The van der Waals surface area contributed by atoms with E-state index in [1.165, 1.54) is 6.08 Å². The second-order valence-electron chi connectivity index (χ2n) is 6.93. The number of urea groups is 1. The minimum absolute atomic E-state index is 0.0702. The lowest BCUT2D eigenvalue weighted by molar-refractivity contribution is -0.122. The summed E-state index contributed by atoms with van der Waals surface area (Å²) >= 11 is 0. The Morgan fingerprint density at radius 1 is 1.00 bits per heavy atom. The van der Waals surface area contributed by atoms with E-state index in [2.05, 4.69) is 11.2 Å². The Bertz CT molecular complexity index is 1110. The maximum atomic E-state index is 13.1. The molecule has 1 heterocycles. The van der Waals surface area contributed by atoms with Crippen LogP contribution in [-0.4, -0.2) is 37.7 Å². The molecule has 1 N–H and O–H groups in total. The highest BCUT2D eigenvalue weighted by molar-refractivity contribution is 6.39. The van der Waals surface area contributed by atoms with Gasteiger partial charge in [0.25, 0.3) is 11.8 Å². The van der Waals surface area contributed by atoms with Crippen LogP contribution in [0.5, 0.6) is 17.2 Å². The Morgan fingerprint density at radius 2 is 1.76 bits per heavy atom. The number of anilines is 1. The van der Waals surface area contributed by atoms with Gasteiger partial charge in [-0.3, -0.25) is 14.9 Å². The topological polar surface area (TPSA) is 94.2 Å². The van der Waals surface area contributed by atoms with E-state index in [-0.39, 0.29) is 12.2 Å². The van der Waals surface area contributed by atoms with Crippen molar-refractivity contribution < 1.29 is 28.6 Å². The zero-order chi connectivity index (χ0) is 23.8. The highest BCUT2D eigenvalue weighted by Gasteiger charge is 2.36. The van der Waals surface area contributed by atoms with Crippen molar-refractivity contribution in [3.63, 3.8) is 0 Å². The molecule has 1 saturated heterocycles. The van der Waals surface area contributed by atoms with Crippen LogP contribution < -0.4 is 24.4 Å². The van der Waals surface area contributed by atoms with E-state index in [0.717, 1.165) is 11.3 Å². The number of amides is 4. The van der Waals surface area contributed by atoms with Crippen molar-refractivity contribution in [1.29, 1.82) is 0 Å². The number of hydrogen-bond donors (Lipinski definition) is 1. The molecule has 0 aromatic heterocycles. The molecule has 2 aromatic rings. The number of carbonyl (C=O) groups is 3. The molecular formula is C25H24N2O6. The van der Waals surface area contributed by atoms with Gasteiger partial charge in [-0.05, 0) is 61.4 Å². The standard InChI is InChI=1S/C25H24N2O6/c1-4-13-32-19-10-8-18(9-11-19)27-24(29)20(23(28)26-25(27)30)15-17-7-12-21(33-14-5-2)22(16-17)31-6-3/h2,7-12,15-16H,4,6,13-14H2,1,3H3,(H,26,28,30)/b20-15-. The van der Waals surface area contributed by atoms with Gasteiger partial charge in [-0.15, -0.1) is 6.42 Å². The number of rotatable bonds is 9. The van der Waals surface area contributed by atoms with E-state index in [1.807, 2.05) is 13.8 Å². The van der Waals surface area contributed by atoms with Crippen LogP contribution in [-0.2, 0) is 9.59 Å². The molecule has 1 aliphatic rings. The zero-order valence-electron chi connectivity index (χ0n) is 18.4. The van der Waals surface area contributed by atoms with Gasteiger partial charge in [0.15, 0.2) is 11.5 Å². The van der Waals surface area contributed by atoms with Gasteiger partial charge in [-0.2, -0.15) is 0 Å². The summed E-state index contributed by atoms with van der Waals surface area (Å²) in [5.41, 5.74) is 0.635. The lowest BCUT2D eigenvalue weighted by Crippen LogP contribution is -2.54. The van der Waals surface area contributed by atoms with Crippen LogP contribution in [0.3, 0.4) is 0 Å². The van der Waals surface area contributed by atoms with Gasteiger partial charge in [0, 0.05) is 0 Å². The molecule has 0 unspecified atom stereocenters. The SMILES string of the molecule is C#CCOc1ccc(/C=C2/C(=O)NC(=O)N(c3ccc(OCCC)cc3)C2=O)cc1OCC. The van der Waals surface area contributed by atoms with Crippen molar-refractivity contribution in [1.82, 2.24) is 5.32 Å². The lowest BCUT2D eigenvalue weighted by Gasteiger charge is -2.26. The first kappa shape index (κ1) is 23.4. The van der Waals surface area contributed by atoms with E-state index in [0.29, 0.717) is 41.7 Å². The molecular weight excluding hydrogens is 424 g/mol. The number of carbonyl (C=O) groups excluding carboxylic acids is 3. The van der Waals surface area contributed by atoms with Gasteiger partial charge >= 0.3 is 6.03 Å². The second kappa shape index (κ2) is 10.9. The van der Waals surface area contributed by atoms with Crippen molar-refractivity contribution in [2.45, 2.75) is 20.3 Å². The van der Waals surface area contributed by atoms with E-state index >= 15 is 0 Å². The molecule has 0 aliphatic carbocycles. The highest BCUT2D eigenvalue weighted by atomic mass is 16.5. The number of hydrogen-bond acceptors (Lipinski definition) is 6. The number of barbiturate groups is 1. The van der Waals surface area contributed by atoms with E-state index in [1.54, 1.807) is 42.5 Å². The first-order chi connectivity index (χ1) is 16.0. The predicted octanol–water partition coefficient (Wildman–Crippen LogP) is 3.55. The monoisotopic (exact) mass is 448 g/mol. The average molecular weight is 448 g/mol. The minimum atomic E-state index is -0.822. The first-order valence-electron chi connectivity index (χ1n) is 10.5. The average Bonchev–Trinajstić information content (AvgIpc) is 2.81. The summed E-state index contributed by atoms with van der Waals surface area (Å²) in [5.74, 6) is 2.34. The van der Waals surface area contributed by atoms with Crippen LogP contribution in [0.15, 0.2) is 48.0 Å². The van der Waals surface area contributed by atoms with Crippen LogP contribution in [0.25, 0.3) is 6.08 Å². The quantitative estimate of drug-likeness (QED) is 0.358. The lowest BCUT2D eigenvalue weighted by atomic mass is 10.1. The normalized spacial score (nSPS) is 14.6. The van der Waals surface area contributed by atoms with Gasteiger partial charge in [-0.25, -0.2) is 9.69 Å². The molecule has 0 spiro atoms. The summed E-state index contributed by atoms with van der Waals surface area (Å²) in [5, 5.41) is 2.21.